The van der Waals surface area contributed by atoms with Crippen LogP contribution in [0.15, 0.2) is 24.3 Å². The zero-order chi connectivity index (χ0) is 13.8. The molecule has 100 valence electrons. The number of aryl methyl sites for hydroxylation is 1. The number of hydrogen-bond acceptors (Lipinski definition) is 1. The largest absolute Gasteiger partial charge is 0.480 e. The molecule has 1 aromatic carbocycles. The van der Waals surface area contributed by atoms with Crippen molar-refractivity contribution in [3.05, 3.63) is 35.5 Å². The van der Waals surface area contributed by atoms with Gasteiger partial charge in [-0.2, -0.15) is 13.2 Å². The monoisotopic (exact) mass is 269 g/mol. The molecule has 1 atom stereocenters. The minimum absolute atomic E-state index is 0.441. The molecule has 6 heteroatoms. The maximum atomic E-state index is 12.6. The van der Waals surface area contributed by atoms with Gasteiger partial charge >= 0.3 is 12.1 Å². The lowest BCUT2D eigenvalue weighted by Crippen LogP contribution is -2.14. The average molecular weight is 269 g/mol. The maximum absolute atomic E-state index is 12.6. The van der Waals surface area contributed by atoms with Crippen LogP contribution in [0, 0.1) is 0 Å². The molecule has 3 rings (SSSR count). The average Bonchev–Trinajstić information content (AvgIpc) is 2.84. The highest BCUT2D eigenvalue weighted by Crippen LogP contribution is 2.36. The Balaban J connectivity index is 2.18. The number of carboxylic acids is 1. The van der Waals surface area contributed by atoms with Gasteiger partial charge in [-0.05, 0) is 37.1 Å². The van der Waals surface area contributed by atoms with E-state index in [0.29, 0.717) is 23.7 Å². The van der Waals surface area contributed by atoms with Crippen LogP contribution in [0.3, 0.4) is 0 Å². The van der Waals surface area contributed by atoms with Gasteiger partial charge in [0.15, 0.2) is 0 Å². The quantitative estimate of drug-likeness (QED) is 0.863. The molecule has 0 bridgehead atoms. The number of halogens is 3. The van der Waals surface area contributed by atoms with Crippen molar-refractivity contribution < 1.29 is 23.1 Å². The number of hydrogen-bond donors (Lipinski definition) is 1. The molecule has 1 unspecified atom stereocenters. The van der Waals surface area contributed by atoms with Crippen molar-refractivity contribution >= 4 is 16.9 Å². The Kier molecular flexibility index (Phi) is 2.39. The van der Waals surface area contributed by atoms with E-state index in [1.54, 1.807) is 10.6 Å². The van der Waals surface area contributed by atoms with Gasteiger partial charge in [0.1, 0.15) is 6.04 Å². The second-order valence-electron chi connectivity index (χ2n) is 4.67. The van der Waals surface area contributed by atoms with E-state index in [9.17, 15) is 18.0 Å². The molecule has 0 saturated carbocycles. The molecule has 0 radical (unpaired) electrons. The third-order valence-electron chi connectivity index (χ3n) is 3.52. The maximum Gasteiger partial charge on any atom is 0.416 e. The van der Waals surface area contributed by atoms with Crippen LogP contribution in [0.2, 0.25) is 0 Å². The first-order valence-electron chi connectivity index (χ1n) is 5.82. The Bertz CT molecular complexity index is 672. The summed E-state index contributed by atoms with van der Waals surface area (Å²) in [4.78, 5) is 11.1. The Morgan fingerprint density at radius 2 is 2.05 bits per heavy atom. The van der Waals surface area contributed by atoms with Crippen LogP contribution in [-0.2, 0) is 17.4 Å². The molecule has 1 N–H and O–H groups in total. The number of aromatic nitrogens is 1. The molecule has 0 aliphatic carbocycles. The van der Waals surface area contributed by atoms with Crippen molar-refractivity contribution in [3.63, 3.8) is 0 Å². The summed E-state index contributed by atoms with van der Waals surface area (Å²) in [5.74, 6) is -0.948. The number of nitrogens with zero attached hydrogens (tertiary/aromatic N) is 1. The highest BCUT2D eigenvalue weighted by Gasteiger charge is 2.33. The summed E-state index contributed by atoms with van der Waals surface area (Å²) in [6.45, 7) is 0. The second-order valence-corrected chi connectivity index (χ2v) is 4.67. The molecular formula is C13H10F3NO2. The van der Waals surface area contributed by atoms with E-state index in [2.05, 4.69) is 0 Å². The van der Waals surface area contributed by atoms with E-state index >= 15 is 0 Å². The van der Waals surface area contributed by atoms with E-state index in [1.165, 1.54) is 6.07 Å². The van der Waals surface area contributed by atoms with Gasteiger partial charge in [-0.1, -0.05) is 0 Å². The van der Waals surface area contributed by atoms with Gasteiger partial charge < -0.3 is 9.67 Å². The summed E-state index contributed by atoms with van der Waals surface area (Å²) >= 11 is 0. The highest BCUT2D eigenvalue weighted by atomic mass is 19.4. The molecule has 1 aliphatic heterocycles. The smallest absolute Gasteiger partial charge is 0.416 e. The van der Waals surface area contributed by atoms with Gasteiger partial charge in [-0.15, -0.1) is 0 Å². The Labute approximate surface area is 106 Å². The van der Waals surface area contributed by atoms with Crippen molar-refractivity contribution in [1.82, 2.24) is 4.57 Å². The number of alkyl halides is 3. The molecule has 2 heterocycles. The number of aliphatic carboxylic acids is 1. The van der Waals surface area contributed by atoms with Crippen LogP contribution in [0.5, 0.6) is 0 Å². The third-order valence-corrected chi connectivity index (χ3v) is 3.52. The normalized spacial score (nSPS) is 18.8. The molecule has 3 nitrogen and oxygen atoms in total. The van der Waals surface area contributed by atoms with Crippen LogP contribution in [0.4, 0.5) is 13.2 Å². The Hall–Kier alpha value is -1.98. The highest BCUT2D eigenvalue weighted by molar-refractivity contribution is 5.85. The summed E-state index contributed by atoms with van der Waals surface area (Å²) in [6, 6.07) is 4.38. The van der Waals surface area contributed by atoms with E-state index < -0.39 is 23.8 Å². The lowest BCUT2D eigenvalue weighted by molar-refractivity contribution is -0.140. The first kappa shape index (κ1) is 12.1. The predicted molar refractivity (Wildman–Crippen MR) is 61.9 cm³/mol. The van der Waals surface area contributed by atoms with Gasteiger partial charge in [0.2, 0.25) is 0 Å². The first-order valence-corrected chi connectivity index (χ1v) is 5.82. The molecule has 1 aromatic heterocycles. The van der Waals surface area contributed by atoms with Crippen LogP contribution in [0.1, 0.15) is 23.7 Å². The topological polar surface area (TPSA) is 42.2 Å². The molecule has 2 aromatic rings. The van der Waals surface area contributed by atoms with Gasteiger partial charge in [0.25, 0.3) is 0 Å². The van der Waals surface area contributed by atoms with Gasteiger partial charge in [-0.25, -0.2) is 4.79 Å². The van der Waals surface area contributed by atoms with Crippen LogP contribution in [0.25, 0.3) is 10.9 Å². The Morgan fingerprint density at radius 1 is 1.32 bits per heavy atom. The molecule has 0 saturated heterocycles. The van der Waals surface area contributed by atoms with E-state index in [-0.39, 0.29) is 0 Å². The minimum Gasteiger partial charge on any atom is -0.480 e. The molecule has 0 fully saturated rings. The SMILES string of the molecule is O=C(O)C1CCc2cc3cc(C(F)(F)F)ccc3n21. The minimum atomic E-state index is -4.38. The van der Waals surface area contributed by atoms with Gasteiger partial charge in [0, 0.05) is 16.6 Å². The fourth-order valence-electron chi connectivity index (χ4n) is 2.68. The number of benzene rings is 1. The van der Waals surface area contributed by atoms with Crippen molar-refractivity contribution in [2.45, 2.75) is 25.1 Å². The molecule has 1 aliphatic rings. The zero-order valence-corrected chi connectivity index (χ0v) is 9.74. The fourth-order valence-corrected chi connectivity index (χ4v) is 2.68. The summed E-state index contributed by atoms with van der Waals surface area (Å²) in [5.41, 5.74) is 0.616. The van der Waals surface area contributed by atoms with Gasteiger partial charge in [-0.3, -0.25) is 0 Å². The second kappa shape index (κ2) is 3.76. The third kappa shape index (κ3) is 1.78. The standard InChI is InChI=1S/C13H10F3NO2/c14-13(15,16)8-1-3-10-7(5-8)6-9-2-4-11(12(18)19)17(9)10/h1,3,5-6,11H,2,4H2,(H,18,19). The number of rotatable bonds is 1. The summed E-state index contributed by atoms with van der Waals surface area (Å²) in [7, 11) is 0. The van der Waals surface area contributed by atoms with Crippen molar-refractivity contribution in [3.8, 4) is 0 Å². The van der Waals surface area contributed by atoms with E-state index in [1.807, 2.05) is 0 Å². The van der Waals surface area contributed by atoms with Crippen molar-refractivity contribution in [1.29, 1.82) is 0 Å². The van der Waals surface area contributed by atoms with Crippen LogP contribution < -0.4 is 0 Å². The lowest BCUT2D eigenvalue weighted by Gasteiger charge is -2.11. The zero-order valence-electron chi connectivity index (χ0n) is 9.74. The van der Waals surface area contributed by atoms with Gasteiger partial charge in [0.05, 0.1) is 5.56 Å². The molecule has 0 spiro atoms. The predicted octanol–water partition coefficient (Wildman–Crippen LogP) is 3.23. The number of fused-ring (bicyclic) bond motifs is 3. The lowest BCUT2D eigenvalue weighted by atomic mass is 10.1. The van der Waals surface area contributed by atoms with Crippen LogP contribution in [-0.4, -0.2) is 15.6 Å². The number of carbonyl (C=O) groups is 1. The fraction of sp³-hybridized carbons (Fsp3) is 0.308. The summed E-state index contributed by atoms with van der Waals surface area (Å²) in [5, 5.41) is 9.56. The first-order chi connectivity index (χ1) is 8.88. The Morgan fingerprint density at radius 3 is 2.68 bits per heavy atom. The molecule has 19 heavy (non-hydrogen) atoms. The molecule has 0 amide bonds. The summed E-state index contributed by atoms with van der Waals surface area (Å²) < 4.78 is 39.5. The van der Waals surface area contributed by atoms with Crippen LogP contribution >= 0.6 is 0 Å². The number of carboxylic acid groups (broad SMARTS) is 1. The summed E-state index contributed by atoms with van der Waals surface area (Å²) in [6.07, 6.45) is -3.32. The van der Waals surface area contributed by atoms with E-state index in [4.69, 9.17) is 5.11 Å². The molecular weight excluding hydrogens is 259 g/mol. The van der Waals surface area contributed by atoms with E-state index in [0.717, 1.165) is 17.8 Å². The van der Waals surface area contributed by atoms with Crippen molar-refractivity contribution in [2.75, 3.05) is 0 Å². The van der Waals surface area contributed by atoms with Crippen molar-refractivity contribution in [2.24, 2.45) is 0 Å².